The summed E-state index contributed by atoms with van der Waals surface area (Å²) in [7, 11) is 3.88. The lowest BCUT2D eigenvalue weighted by atomic mass is 10.1. The molecule has 158 valence electrons. The number of nitrogens with zero attached hydrogens (tertiary/aromatic N) is 2. The van der Waals surface area contributed by atoms with Gasteiger partial charge in [0.2, 0.25) is 5.91 Å². The standard InChI is InChI=1S/C23H27N3O4/c1-16(2)22(27)24-18-9-10-20(25(3)4)17(13-18)14-26(15-19-7-5-11-29-19)23(28)21-8-6-12-30-21/h5-13,16H,14-15H2,1-4H3,(H,24,27). The van der Waals surface area contributed by atoms with Gasteiger partial charge in [-0.25, -0.2) is 0 Å². The molecule has 0 unspecified atom stereocenters. The molecule has 0 saturated carbocycles. The van der Waals surface area contributed by atoms with Gasteiger partial charge in [-0.1, -0.05) is 13.8 Å². The first-order valence-electron chi connectivity index (χ1n) is 9.81. The van der Waals surface area contributed by atoms with Gasteiger partial charge in [0.25, 0.3) is 5.91 Å². The quantitative estimate of drug-likeness (QED) is 0.597. The van der Waals surface area contributed by atoms with E-state index in [2.05, 4.69) is 5.32 Å². The van der Waals surface area contributed by atoms with Crippen LogP contribution in [0.1, 0.15) is 35.7 Å². The molecule has 0 atom stereocenters. The van der Waals surface area contributed by atoms with E-state index in [9.17, 15) is 9.59 Å². The molecule has 2 aromatic heterocycles. The van der Waals surface area contributed by atoms with E-state index in [1.807, 2.05) is 57.1 Å². The number of furan rings is 2. The molecular weight excluding hydrogens is 382 g/mol. The number of hydrogen-bond acceptors (Lipinski definition) is 5. The van der Waals surface area contributed by atoms with Gasteiger partial charge in [-0.05, 0) is 48.0 Å². The Balaban J connectivity index is 1.92. The minimum atomic E-state index is -0.238. The van der Waals surface area contributed by atoms with Crippen LogP contribution < -0.4 is 10.2 Å². The fraction of sp³-hybridized carbons (Fsp3) is 0.304. The molecule has 0 bridgehead atoms. The highest BCUT2D eigenvalue weighted by Crippen LogP contribution is 2.26. The van der Waals surface area contributed by atoms with Gasteiger partial charge in [-0.15, -0.1) is 0 Å². The van der Waals surface area contributed by atoms with Crippen molar-refractivity contribution >= 4 is 23.2 Å². The van der Waals surface area contributed by atoms with Crippen molar-refractivity contribution in [2.24, 2.45) is 5.92 Å². The zero-order valence-electron chi connectivity index (χ0n) is 17.7. The maximum atomic E-state index is 13.1. The normalized spacial score (nSPS) is 10.8. The Bertz CT molecular complexity index is 976. The van der Waals surface area contributed by atoms with Crippen LogP contribution in [0.2, 0.25) is 0 Å². The number of rotatable bonds is 8. The summed E-state index contributed by atoms with van der Waals surface area (Å²) in [4.78, 5) is 28.8. The Morgan fingerprint density at radius 2 is 1.73 bits per heavy atom. The highest BCUT2D eigenvalue weighted by molar-refractivity contribution is 5.93. The molecular formula is C23H27N3O4. The van der Waals surface area contributed by atoms with E-state index in [1.165, 1.54) is 6.26 Å². The van der Waals surface area contributed by atoms with Crippen LogP contribution in [0.5, 0.6) is 0 Å². The van der Waals surface area contributed by atoms with Gasteiger partial charge in [-0.2, -0.15) is 0 Å². The van der Waals surface area contributed by atoms with Gasteiger partial charge in [0.1, 0.15) is 5.76 Å². The summed E-state index contributed by atoms with van der Waals surface area (Å²) >= 11 is 0. The number of benzene rings is 1. The largest absolute Gasteiger partial charge is 0.467 e. The monoisotopic (exact) mass is 409 g/mol. The van der Waals surface area contributed by atoms with Crippen molar-refractivity contribution in [3.05, 3.63) is 72.1 Å². The lowest BCUT2D eigenvalue weighted by Crippen LogP contribution is -2.30. The van der Waals surface area contributed by atoms with E-state index < -0.39 is 0 Å². The third-order valence-corrected chi connectivity index (χ3v) is 4.66. The highest BCUT2D eigenvalue weighted by atomic mass is 16.3. The van der Waals surface area contributed by atoms with Crippen molar-refractivity contribution in [1.82, 2.24) is 4.90 Å². The average Bonchev–Trinajstić information content (AvgIpc) is 3.41. The fourth-order valence-corrected chi connectivity index (χ4v) is 3.06. The first-order chi connectivity index (χ1) is 14.3. The van der Waals surface area contributed by atoms with E-state index >= 15 is 0 Å². The highest BCUT2D eigenvalue weighted by Gasteiger charge is 2.22. The lowest BCUT2D eigenvalue weighted by molar-refractivity contribution is -0.118. The van der Waals surface area contributed by atoms with Gasteiger partial charge in [0.05, 0.1) is 19.1 Å². The van der Waals surface area contributed by atoms with Crippen molar-refractivity contribution in [3.63, 3.8) is 0 Å². The second-order valence-corrected chi connectivity index (χ2v) is 7.60. The van der Waals surface area contributed by atoms with Crippen molar-refractivity contribution < 1.29 is 18.4 Å². The molecule has 2 heterocycles. The van der Waals surface area contributed by atoms with E-state index in [0.717, 1.165) is 11.3 Å². The van der Waals surface area contributed by atoms with Crippen LogP contribution in [-0.2, 0) is 17.9 Å². The molecule has 3 aromatic rings. The molecule has 30 heavy (non-hydrogen) atoms. The molecule has 0 aliphatic rings. The molecule has 0 aliphatic heterocycles. The third kappa shape index (κ3) is 5.11. The molecule has 0 fully saturated rings. The van der Waals surface area contributed by atoms with Gasteiger partial charge in [0, 0.05) is 37.9 Å². The minimum absolute atomic E-state index is 0.0577. The van der Waals surface area contributed by atoms with Gasteiger partial charge in [-0.3, -0.25) is 9.59 Å². The summed E-state index contributed by atoms with van der Waals surface area (Å²) in [5, 5.41) is 2.93. The van der Waals surface area contributed by atoms with Crippen LogP contribution >= 0.6 is 0 Å². The van der Waals surface area contributed by atoms with Crippen LogP contribution in [-0.4, -0.2) is 30.8 Å². The predicted octanol–water partition coefficient (Wildman–Crippen LogP) is 4.38. The number of carbonyl (C=O) groups excluding carboxylic acids is 2. The summed E-state index contributed by atoms with van der Waals surface area (Å²) in [6.07, 6.45) is 3.06. The average molecular weight is 409 g/mol. The Morgan fingerprint density at radius 1 is 1.00 bits per heavy atom. The molecule has 1 aromatic carbocycles. The molecule has 3 rings (SSSR count). The van der Waals surface area contributed by atoms with Gasteiger partial charge < -0.3 is 24.0 Å². The fourth-order valence-electron chi connectivity index (χ4n) is 3.06. The molecule has 0 saturated heterocycles. The smallest absolute Gasteiger partial charge is 0.290 e. The molecule has 0 aliphatic carbocycles. The Labute approximate surface area is 176 Å². The summed E-state index contributed by atoms with van der Waals surface area (Å²) in [6.45, 7) is 4.30. The van der Waals surface area contributed by atoms with Crippen LogP contribution in [0.15, 0.2) is 63.8 Å². The van der Waals surface area contributed by atoms with Gasteiger partial charge in [0.15, 0.2) is 5.76 Å². The first kappa shape index (κ1) is 21.2. The SMILES string of the molecule is CC(C)C(=O)Nc1ccc(N(C)C)c(CN(Cc2ccco2)C(=O)c2ccco2)c1. The first-order valence-corrected chi connectivity index (χ1v) is 9.81. The number of nitrogens with one attached hydrogen (secondary N) is 1. The topological polar surface area (TPSA) is 78.9 Å². The summed E-state index contributed by atoms with van der Waals surface area (Å²) in [5.74, 6) is 0.510. The molecule has 0 spiro atoms. The van der Waals surface area contributed by atoms with Crippen molar-refractivity contribution in [2.45, 2.75) is 26.9 Å². The Morgan fingerprint density at radius 3 is 2.33 bits per heavy atom. The lowest BCUT2D eigenvalue weighted by Gasteiger charge is -2.25. The Kier molecular flexibility index (Phi) is 6.61. The van der Waals surface area contributed by atoms with Gasteiger partial charge >= 0.3 is 0 Å². The van der Waals surface area contributed by atoms with Crippen LogP contribution in [0, 0.1) is 5.92 Å². The molecule has 7 nitrogen and oxygen atoms in total. The predicted molar refractivity (Wildman–Crippen MR) is 115 cm³/mol. The summed E-state index contributed by atoms with van der Waals surface area (Å²) < 4.78 is 10.8. The summed E-state index contributed by atoms with van der Waals surface area (Å²) in [5.41, 5.74) is 2.54. The maximum absolute atomic E-state index is 13.1. The van der Waals surface area contributed by atoms with Crippen LogP contribution in [0.3, 0.4) is 0 Å². The van der Waals surface area contributed by atoms with E-state index in [1.54, 1.807) is 29.4 Å². The zero-order valence-corrected chi connectivity index (χ0v) is 17.7. The molecule has 0 radical (unpaired) electrons. The minimum Gasteiger partial charge on any atom is -0.467 e. The second-order valence-electron chi connectivity index (χ2n) is 7.60. The van der Waals surface area contributed by atoms with E-state index in [4.69, 9.17) is 8.83 Å². The van der Waals surface area contributed by atoms with Crippen molar-refractivity contribution in [3.8, 4) is 0 Å². The second kappa shape index (κ2) is 9.35. The van der Waals surface area contributed by atoms with Crippen molar-refractivity contribution in [1.29, 1.82) is 0 Å². The number of anilines is 2. The zero-order chi connectivity index (χ0) is 21.7. The number of carbonyl (C=O) groups is 2. The Hall–Kier alpha value is -3.48. The maximum Gasteiger partial charge on any atom is 0.290 e. The van der Waals surface area contributed by atoms with E-state index in [-0.39, 0.29) is 23.5 Å². The molecule has 7 heteroatoms. The number of amides is 2. The van der Waals surface area contributed by atoms with Crippen molar-refractivity contribution in [2.75, 3.05) is 24.3 Å². The number of hydrogen-bond donors (Lipinski definition) is 1. The molecule has 1 N–H and O–H groups in total. The van der Waals surface area contributed by atoms with E-state index in [0.29, 0.717) is 24.5 Å². The van der Waals surface area contributed by atoms with Crippen LogP contribution in [0.4, 0.5) is 11.4 Å². The third-order valence-electron chi connectivity index (χ3n) is 4.66. The summed E-state index contributed by atoms with van der Waals surface area (Å²) in [6, 6.07) is 12.7. The molecule has 2 amide bonds. The van der Waals surface area contributed by atoms with Crippen LogP contribution in [0.25, 0.3) is 0 Å².